The number of rotatable bonds is 5. The molecule has 2 aromatic carbocycles. The molecule has 3 rings (SSSR count). The molecule has 3 aromatic rings. The number of methoxy groups -OCH3 is 1. The van der Waals surface area contributed by atoms with E-state index in [1.807, 2.05) is 66.7 Å². The lowest BCUT2D eigenvalue weighted by Gasteiger charge is -2.19. The van der Waals surface area contributed by atoms with Gasteiger partial charge < -0.3 is 19.8 Å². The maximum Gasteiger partial charge on any atom is 0.171 e. The van der Waals surface area contributed by atoms with Gasteiger partial charge in [-0.3, -0.25) is 0 Å². The van der Waals surface area contributed by atoms with Crippen molar-refractivity contribution < 1.29 is 9.15 Å². The van der Waals surface area contributed by atoms with Crippen molar-refractivity contribution in [3.8, 4) is 5.75 Å². The molecular formula is C19H18N2O2S. The van der Waals surface area contributed by atoms with Gasteiger partial charge in [0.2, 0.25) is 0 Å². The summed E-state index contributed by atoms with van der Waals surface area (Å²) in [6.45, 7) is 0. The van der Waals surface area contributed by atoms with Gasteiger partial charge in [0, 0.05) is 5.69 Å². The van der Waals surface area contributed by atoms with Crippen molar-refractivity contribution in [3.05, 3.63) is 84.3 Å². The van der Waals surface area contributed by atoms with Crippen molar-refractivity contribution in [2.45, 2.75) is 6.04 Å². The molecule has 0 radical (unpaired) electrons. The number of furan rings is 1. The molecule has 1 aromatic heterocycles. The van der Waals surface area contributed by atoms with Gasteiger partial charge in [-0.25, -0.2) is 0 Å². The molecule has 0 saturated heterocycles. The number of hydrogen-bond donors (Lipinski definition) is 2. The van der Waals surface area contributed by atoms with E-state index in [2.05, 4.69) is 10.6 Å². The summed E-state index contributed by atoms with van der Waals surface area (Å²) in [5.74, 6) is 1.61. The van der Waals surface area contributed by atoms with Gasteiger partial charge in [-0.1, -0.05) is 30.3 Å². The minimum atomic E-state index is -0.153. The Morgan fingerprint density at radius 1 is 1.00 bits per heavy atom. The molecule has 0 aliphatic heterocycles. The Bertz CT molecular complexity index is 771. The van der Waals surface area contributed by atoms with E-state index < -0.39 is 0 Å². The second-order valence-corrected chi connectivity index (χ2v) is 5.59. The predicted octanol–water partition coefficient (Wildman–Crippen LogP) is 4.36. The highest BCUT2D eigenvalue weighted by atomic mass is 32.1. The second kappa shape index (κ2) is 7.66. The van der Waals surface area contributed by atoms with Crippen LogP contribution >= 0.6 is 12.2 Å². The minimum absolute atomic E-state index is 0.153. The van der Waals surface area contributed by atoms with Gasteiger partial charge in [0.15, 0.2) is 5.11 Å². The van der Waals surface area contributed by atoms with Crippen molar-refractivity contribution in [2.75, 3.05) is 12.4 Å². The van der Waals surface area contributed by atoms with Gasteiger partial charge in [-0.05, 0) is 54.2 Å². The van der Waals surface area contributed by atoms with E-state index in [4.69, 9.17) is 21.4 Å². The summed E-state index contributed by atoms with van der Waals surface area (Å²) in [6.07, 6.45) is 1.66. The molecule has 0 spiro atoms. The maximum absolute atomic E-state index is 5.56. The SMILES string of the molecule is COc1ccc(NC(=S)N[C@H](c2ccccc2)c2ccco2)cc1. The molecule has 0 saturated carbocycles. The highest BCUT2D eigenvalue weighted by Crippen LogP contribution is 2.23. The zero-order valence-electron chi connectivity index (χ0n) is 13.2. The molecule has 2 N–H and O–H groups in total. The summed E-state index contributed by atoms with van der Waals surface area (Å²) in [7, 11) is 1.64. The van der Waals surface area contributed by atoms with Crippen LogP contribution < -0.4 is 15.4 Å². The van der Waals surface area contributed by atoms with Crippen LogP contribution in [0.4, 0.5) is 5.69 Å². The standard InChI is InChI=1S/C19H18N2O2S/c1-22-16-11-9-15(10-12-16)20-19(24)21-18(17-8-5-13-23-17)14-6-3-2-4-7-14/h2-13,18H,1H3,(H2,20,21,24)/t18-/m1/s1. The monoisotopic (exact) mass is 338 g/mol. The minimum Gasteiger partial charge on any atom is -0.497 e. The Morgan fingerprint density at radius 2 is 1.75 bits per heavy atom. The normalized spacial score (nSPS) is 11.5. The zero-order chi connectivity index (χ0) is 16.8. The maximum atomic E-state index is 5.56. The third kappa shape index (κ3) is 3.94. The van der Waals surface area contributed by atoms with E-state index in [0.717, 1.165) is 22.8 Å². The molecule has 0 fully saturated rings. The number of ether oxygens (including phenoxy) is 1. The summed E-state index contributed by atoms with van der Waals surface area (Å²) in [6, 6.07) is 21.3. The van der Waals surface area contributed by atoms with Gasteiger partial charge in [0.05, 0.1) is 13.4 Å². The number of anilines is 1. The highest BCUT2D eigenvalue weighted by molar-refractivity contribution is 7.80. The van der Waals surface area contributed by atoms with E-state index in [9.17, 15) is 0 Å². The quantitative estimate of drug-likeness (QED) is 0.677. The molecular weight excluding hydrogens is 320 g/mol. The molecule has 0 unspecified atom stereocenters. The molecule has 4 nitrogen and oxygen atoms in total. The first-order valence-corrected chi connectivity index (χ1v) is 7.97. The van der Waals surface area contributed by atoms with Crippen LogP contribution in [0.1, 0.15) is 17.4 Å². The third-order valence-electron chi connectivity index (χ3n) is 3.58. The van der Waals surface area contributed by atoms with E-state index >= 15 is 0 Å². The molecule has 122 valence electrons. The predicted molar refractivity (Wildman–Crippen MR) is 99.3 cm³/mol. The van der Waals surface area contributed by atoms with Crippen LogP contribution in [-0.4, -0.2) is 12.2 Å². The van der Waals surface area contributed by atoms with Crippen LogP contribution in [0.3, 0.4) is 0 Å². The lowest BCUT2D eigenvalue weighted by atomic mass is 10.1. The van der Waals surface area contributed by atoms with Gasteiger partial charge in [0.1, 0.15) is 17.6 Å². The van der Waals surface area contributed by atoms with Crippen LogP contribution in [-0.2, 0) is 0 Å². The molecule has 0 bridgehead atoms. The molecule has 1 atom stereocenters. The summed E-state index contributed by atoms with van der Waals surface area (Å²) in [5, 5.41) is 7.01. The Kier molecular flexibility index (Phi) is 5.13. The number of hydrogen-bond acceptors (Lipinski definition) is 3. The fourth-order valence-corrected chi connectivity index (χ4v) is 2.63. The second-order valence-electron chi connectivity index (χ2n) is 5.19. The number of thiocarbonyl (C=S) groups is 1. The largest absolute Gasteiger partial charge is 0.497 e. The van der Waals surface area contributed by atoms with E-state index in [1.165, 1.54) is 0 Å². The van der Waals surface area contributed by atoms with Crippen LogP contribution in [0.15, 0.2) is 77.4 Å². The lowest BCUT2D eigenvalue weighted by molar-refractivity contribution is 0.415. The summed E-state index contributed by atoms with van der Waals surface area (Å²) in [5.41, 5.74) is 1.96. The Labute approximate surface area is 146 Å². The van der Waals surface area contributed by atoms with Gasteiger partial charge in [-0.15, -0.1) is 0 Å². The van der Waals surface area contributed by atoms with Crippen LogP contribution in [0.25, 0.3) is 0 Å². The Hall–Kier alpha value is -2.79. The topological polar surface area (TPSA) is 46.4 Å². The Morgan fingerprint density at radius 3 is 2.38 bits per heavy atom. The van der Waals surface area contributed by atoms with Gasteiger partial charge in [-0.2, -0.15) is 0 Å². The molecule has 24 heavy (non-hydrogen) atoms. The molecule has 0 aliphatic rings. The fraction of sp³-hybridized carbons (Fsp3) is 0.105. The smallest absolute Gasteiger partial charge is 0.171 e. The van der Waals surface area contributed by atoms with Gasteiger partial charge in [0.25, 0.3) is 0 Å². The van der Waals surface area contributed by atoms with Crippen molar-refractivity contribution in [2.24, 2.45) is 0 Å². The van der Waals surface area contributed by atoms with E-state index in [1.54, 1.807) is 13.4 Å². The van der Waals surface area contributed by atoms with Crippen molar-refractivity contribution in [1.29, 1.82) is 0 Å². The highest BCUT2D eigenvalue weighted by Gasteiger charge is 2.17. The molecule has 5 heteroatoms. The first-order chi connectivity index (χ1) is 11.8. The summed E-state index contributed by atoms with van der Waals surface area (Å²) in [4.78, 5) is 0. The third-order valence-corrected chi connectivity index (χ3v) is 3.80. The van der Waals surface area contributed by atoms with Crippen LogP contribution in [0.5, 0.6) is 5.75 Å². The number of benzene rings is 2. The summed E-state index contributed by atoms with van der Waals surface area (Å²) >= 11 is 5.45. The van der Waals surface area contributed by atoms with E-state index in [-0.39, 0.29) is 6.04 Å². The van der Waals surface area contributed by atoms with Gasteiger partial charge >= 0.3 is 0 Å². The first-order valence-electron chi connectivity index (χ1n) is 7.56. The Balaban J connectivity index is 1.73. The molecule has 0 amide bonds. The zero-order valence-corrected chi connectivity index (χ0v) is 14.0. The van der Waals surface area contributed by atoms with Crippen molar-refractivity contribution in [3.63, 3.8) is 0 Å². The van der Waals surface area contributed by atoms with Crippen LogP contribution in [0, 0.1) is 0 Å². The molecule has 1 heterocycles. The average Bonchev–Trinajstić information content (AvgIpc) is 3.15. The summed E-state index contributed by atoms with van der Waals surface area (Å²) < 4.78 is 10.7. The first kappa shape index (κ1) is 16.1. The van der Waals surface area contributed by atoms with Crippen LogP contribution in [0.2, 0.25) is 0 Å². The lowest BCUT2D eigenvalue weighted by Crippen LogP contribution is -2.32. The number of nitrogens with one attached hydrogen (secondary N) is 2. The van der Waals surface area contributed by atoms with Crippen molar-refractivity contribution >= 4 is 23.0 Å². The molecule has 0 aliphatic carbocycles. The average molecular weight is 338 g/mol. The van der Waals surface area contributed by atoms with Crippen molar-refractivity contribution in [1.82, 2.24) is 5.32 Å². The van der Waals surface area contributed by atoms with E-state index in [0.29, 0.717) is 5.11 Å². The fourth-order valence-electron chi connectivity index (χ4n) is 2.39.